The van der Waals surface area contributed by atoms with Crippen LogP contribution in [0.5, 0.6) is 0 Å². The van der Waals surface area contributed by atoms with Gasteiger partial charge in [-0.3, -0.25) is 0 Å². The van der Waals surface area contributed by atoms with Crippen molar-refractivity contribution in [1.82, 2.24) is 5.32 Å². The van der Waals surface area contributed by atoms with Gasteiger partial charge in [-0.25, -0.2) is 0 Å². The molecule has 0 radical (unpaired) electrons. The van der Waals surface area contributed by atoms with Gasteiger partial charge in [-0.2, -0.15) is 0 Å². The Bertz CT molecular complexity index is 395. The molecule has 1 nitrogen and oxygen atoms in total. The van der Waals surface area contributed by atoms with Crippen LogP contribution in [0.2, 0.25) is 0 Å². The third kappa shape index (κ3) is 3.94. The van der Waals surface area contributed by atoms with Crippen LogP contribution in [-0.2, 0) is 0 Å². The molecular formula is C18H27N. The highest BCUT2D eigenvalue weighted by molar-refractivity contribution is 5.27. The minimum atomic E-state index is 0.623. The summed E-state index contributed by atoms with van der Waals surface area (Å²) >= 11 is 0. The lowest BCUT2D eigenvalue weighted by atomic mass is 9.98. The van der Waals surface area contributed by atoms with Crippen LogP contribution in [-0.4, -0.2) is 12.6 Å². The normalized spacial score (nSPS) is 23.1. The topological polar surface area (TPSA) is 12.0 Å². The van der Waals surface area contributed by atoms with Gasteiger partial charge >= 0.3 is 0 Å². The smallest absolute Gasteiger partial charge is 0.0138 e. The number of benzene rings is 1. The van der Waals surface area contributed by atoms with Crippen molar-refractivity contribution in [2.75, 3.05) is 6.54 Å². The zero-order chi connectivity index (χ0) is 13.7. The van der Waals surface area contributed by atoms with Crippen LogP contribution in [0.15, 0.2) is 42.5 Å². The molecule has 104 valence electrons. The van der Waals surface area contributed by atoms with Crippen molar-refractivity contribution in [2.45, 2.75) is 51.5 Å². The van der Waals surface area contributed by atoms with Gasteiger partial charge in [-0.05, 0) is 49.6 Å². The molecule has 3 atom stereocenters. The van der Waals surface area contributed by atoms with E-state index in [1.165, 1.54) is 24.0 Å². The molecule has 19 heavy (non-hydrogen) atoms. The summed E-state index contributed by atoms with van der Waals surface area (Å²) in [4.78, 5) is 0. The SMILES string of the molecule is C=C(CC)CC(NCCC)C1CC1c1ccccc1. The molecule has 1 saturated carbocycles. The highest BCUT2D eigenvalue weighted by Gasteiger charge is 2.43. The highest BCUT2D eigenvalue weighted by atomic mass is 14.9. The van der Waals surface area contributed by atoms with Crippen LogP contribution in [0.25, 0.3) is 0 Å². The first-order valence-corrected chi connectivity index (χ1v) is 7.71. The Kier molecular flexibility index (Phi) is 5.21. The Morgan fingerprint density at radius 3 is 2.68 bits per heavy atom. The first-order valence-electron chi connectivity index (χ1n) is 7.71. The summed E-state index contributed by atoms with van der Waals surface area (Å²) in [5, 5.41) is 3.74. The van der Waals surface area contributed by atoms with E-state index in [0.717, 1.165) is 31.2 Å². The van der Waals surface area contributed by atoms with Gasteiger partial charge in [0.1, 0.15) is 0 Å². The first-order chi connectivity index (χ1) is 9.26. The van der Waals surface area contributed by atoms with Crippen molar-refractivity contribution in [2.24, 2.45) is 5.92 Å². The van der Waals surface area contributed by atoms with Gasteiger partial charge in [0.15, 0.2) is 0 Å². The van der Waals surface area contributed by atoms with E-state index in [9.17, 15) is 0 Å². The van der Waals surface area contributed by atoms with E-state index in [0.29, 0.717) is 6.04 Å². The molecule has 0 saturated heterocycles. The predicted molar refractivity (Wildman–Crippen MR) is 83.4 cm³/mol. The third-order valence-corrected chi connectivity index (χ3v) is 4.25. The van der Waals surface area contributed by atoms with Gasteiger partial charge in [0.25, 0.3) is 0 Å². The van der Waals surface area contributed by atoms with E-state index in [4.69, 9.17) is 0 Å². The fourth-order valence-corrected chi connectivity index (χ4v) is 2.90. The molecule has 1 fully saturated rings. The summed E-state index contributed by atoms with van der Waals surface area (Å²) in [7, 11) is 0. The second-order valence-corrected chi connectivity index (χ2v) is 5.79. The summed E-state index contributed by atoms with van der Waals surface area (Å²) < 4.78 is 0. The minimum absolute atomic E-state index is 0.623. The van der Waals surface area contributed by atoms with E-state index in [1.54, 1.807) is 0 Å². The summed E-state index contributed by atoms with van der Waals surface area (Å²) in [6.45, 7) is 9.76. The lowest BCUT2D eigenvalue weighted by Crippen LogP contribution is -2.32. The molecule has 1 aromatic rings. The van der Waals surface area contributed by atoms with Crippen molar-refractivity contribution >= 4 is 0 Å². The molecule has 0 bridgehead atoms. The fraction of sp³-hybridized carbons (Fsp3) is 0.556. The van der Waals surface area contributed by atoms with Gasteiger partial charge < -0.3 is 5.32 Å². The predicted octanol–water partition coefficient (Wildman–Crippen LogP) is 4.51. The average molecular weight is 257 g/mol. The second kappa shape index (κ2) is 6.91. The lowest BCUT2D eigenvalue weighted by Gasteiger charge is -2.20. The summed E-state index contributed by atoms with van der Waals surface area (Å²) in [6.07, 6.45) is 4.79. The van der Waals surface area contributed by atoms with Gasteiger partial charge in [-0.1, -0.05) is 56.3 Å². The van der Waals surface area contributed by atoms with E-state index in [2.05, 4.69) is 56.1 Å². The molecule has 1 heteroatoms. The van der Waals surface area contributed by atoms with Gasteiger partial charge in [0.2, 0.25) is 0 Å². The molecule has 1 aliphatic rings. The lowest BCUT2D eigenvalue weighted by molar-refractivity contribution is 0.449. The van der Waals surface area contributed by atoms with Crippen LogP contribution in [0.1, 0.15) is 51.0 Å². The number of rotatable bonds is 8. The Morgan fingerprint density at radius 1 is 1.32 bits per heavy atom. The maximum atomic E-state index is 4.19. The molecule has 0 amide bonds. The van der Waals surface area contributed by atoms with Crippen molar-refractivity contribution in [3.8, 4) is 0 Å². The maximum absolute atomic E-state index is 4.19. The Hall–Kier alpha value is -1.08. The number of hydrogen-bond donors (Lipinski definition) is 1. The van der Waals surface area contributed by atoms with Gasteiger partial charge in [0.05, 0.1) is 0 Å². The quantitative estimate of drug-likeness (QED) is 0.675. The number of hydrogen-bond acceptors (Lipinski definition) is 1. The van der Waals surface area contributed by atoms with Crippen LogP contribution >= 0.6 is 0 Å². The monoisotopic (exact) mass is 257 g/mol. The summed E-state index contributed by atoms with van der Waals surface area (Å²) in [5.41, 5.74) is 2.89. The van der Waals surface area contributed by atoms with E-state index in [1.807, 2.05) is 0 Å². The van der Waals surface area contributed by atoms with E-state index in [-0.39, 0.29) is 0 Å². The van der Waals surface area contributed by atoms with Gasteiger partial charge in [-0.15, -0.1) is 0 Å². The Morgan fingerprint density at radius 2 is 2.05 bits per heavy atom. The molecule has 1 aliphatic carbocycles. The van der Waals surface area contributed by atoms with Crippen molar-refractivity contribution in [3.05, 3.63) is 48.0 Å². The molecule has 0 heterocycles. The molecular weight excluding hydrogens is 230 g/mol. The Balaban J connectivity index is 1.95. The first kappa shape index (κ1) is 14.3. The average Bonchev–Trinajstić information content (AvgIpc) is 3.24. The maximum Gasteiger partial charge on any atom is 0.0138 e. The zero-order valence-corrected chi connectivity index (χ0v) is 12.4. The second-order valence-electron chi connectivity index (χ2n) is 5.79. The van der Waals surface area contributed by atoms with Crippen LogP contribution < -0.4 is 5.32 Å². The fourth-order valence-electron chi connectivity index (χ4n) is 2.90. The molecule has 0 aliphatic heterocycles. The molecule has 1 N–H and O–H groups in total. The van der Waals surface area contributed by atoms with Crippen LogP contribution in [0.3, 0.4) is 0 Å². The van der Waals surface area contributed by atoms with Crippen molar-refractivity contribution in [1.29, 1.82) is 0 Å². The van der Waals surface area contributed by atoms with E-state index < -0.39 is 0 Å². The van der Waals surface area contributed by atoms with Crippen molar-refractivity contribution < 1.29 is 0 Å². The summed E-state index contributed by atoms with van der Waals surface area (Å²) in [5.74, 6) is 1.57. The third-order valence-electron chi connectivity index (χ3n) is 4.25. The van der Waals surface area contributed by atoms with E-state index >= 15 is 0 Å². The highest BCUT2D eigenvalue weighted by Crippen LogP contribution is 2.50. The zero-order valence-electron chi connectivity index (χ0n) is 12.4. The van der Waals surface area contributed by atoms with Crippen LogP contribution in [0, 0.1) is 5.92 Å². The summed E-state index contributed by atoms with van der Waals surface area (Å²) in [6, 6.07) is 11.6. The Labute approximate surface area is 118 Å². The molecule has 0 aromatic heterocycles. The standard InChI is InChI=1S/C18H27N/c1-4-11-19-18(12-14(3)5-2)17-13-16(17)15-9-7-6-8-10-15/h6-10,16-19H,3-5,11-13H2,1-2H3. The molecule has 3 unspecified atom stereocenters. The molecule has 0 spiro atoms. The van der Waals surface area contributed by atoms with Crippen LogP contribution in [0.4, 0.5) is 0 Å². The largest absolute Gasteiger partial charge is 0.313 e. The van der Waals surface area contributed by atoms with Gasteiger partial charge in [0, 0.05) is 6.04 Å². The number of nitrogens with one attached hydrogen (secondary N) is 1. The molecule has 1 aromatic carbocycles. The minimum Gasteiger partial charge on any atom is -0.313 e. The van der Waals surface area contributed by atoms with Crippen molar-refractivity contribution in [3.63, 3.8) is 0 Å². The molecule has 2 rings (SSSR count).